The normalized spacial score (nSPS) is 12.0. The van der Waals surface area contributed by atoms with Gasteiger partial charge in [0.15, 0.2) is 0 Å². The smallest absolute Gasteiger partial charge is 0.119 e. The highest BCUT2D eigenvalue weighted by Crippen LogP contribution is 2.23. The Hall–Kier alpha value is -2.24. The average molecular weight is 418 g/mol. The Morgan fingerprint density at radius 2 is 1.75 bits per heavy atom. The molecule has 0 heterocycles. The summed E-state index contributed by atoms with van der Waals surface area (Å²) in [6, 6.07) is 19.7. The van der Waals surface area contributed by atoms with Crippen molar-refractivity contribution in [2.45, 2.75) is 19.3 Å². The van der Waals surface area contributed by atoms with Crippen molar-refractivity contribution in [1.82, 2.24) is 5.32 Å². The van der Waals surface area contributed by atoms with Gasteiger partial charge in [-0.15, -0.1) is 0 Å². The van der Waals surface area contributed by atoms with Crippen LogP contribution in [0.4, 0.5) is 0 Å². The first-order valence-electron chi connectivity index (χ1n) is 8.84. The van der Waals surface area contributed by atoms with Crippen molar-refractivity contribution in [2.75, 3.05) is 6.54 Å². The van der Waals surface area contributed by atoms with E-state index in [1.54, 1.807) is 36.4 Å². The Kier molecular flexibility index (Phi) is 7.18. The van der Waals surface area contributed by atoms with Gasteiger partial charge >= 0.3 is 0 Å². The van der Waals surface area contributed by atoms with Crippen LogP contribution < -0.4 is 10.1 Å². The van der Waals surface area contributed by atoms with Crippen LogP contribution in [0.5, 0.6) is 11.5 Å². The Morgan fingerprint density at radius 3 is 2.46 bits per heavy atom. The van der Waals surface area contributed by atoms with Gasteiger partial charge in [-0.1, -0.05) is 53.5 Å². The zero-order chi connectivity index (χ0) is 19.9. The summed E-state index contributed by atoms with van der Waals surface area (Å²) in [5.41, 5.74) is 2.62. The van der Waals surface area contributed by atoms with Gasteiger partial charge in [0.05, 0.1) is 6.10 Å². The number of rotatable bonds is 8. The molecule has 0 aliphatic carbocycles. The molecule has 0 saturated heterocycles. The summed E-state index contributed by atoms with van der Waals surface area (Å²) in [5, 5.41) is 24.0. The van der Waals surface area contributed by atoms with Crippen LogP contribution in [0, 0.1) is 0 Å². The van der Waals surface area contributed by atoms with Crippen LogP contribution in [0.25, 0.3) is 0 Å². The molecule has 0 aromatic heterocycles. The third kappa shape index (κ3) is 5.88. The quantitative estimate of drug-likeness (QED) is 0.476. The van der Waals surface area contributed by atoms with E-state index in [0.717, 1.165) is 16.9 Å². The summed E-state index contributed by atoms with van der Waals surface area (Å²) in [4.78, 5) is 0. The topological polar surface area (TPSA) is 61.7 Å². The van der Waals surface area contributed by atoms with Gasteiger partial charge in [0.2, 0.25) is 0 Å². The van der Waals surface area contributed by atoms with Crippen LogP contribution in [0.3, 0.4) is 0 Å². The van der Waals surface area contributed by atoms with Crippen LogP contribution in [-0.4, -0.2) is 16.8 Å². The number of hydrogen-bond acceptors (Lipinski definition) is 4. The molecule has 0 bridgehead atoms. The number of nitrogens with one attached hydrogen (secondary N) is 1. The molecule has 0 saturated carbocycles. The number of phenols is 1. The van der Waals surface area contributed by atoms with Gasteiger partial charge in [-0.05, 0) is 47.5 Å². The van der Waals surface area contributed by atoms with Gasteiger partial charge in [-0.3, -0.25) is 0 Å². The lowest BCUT2D eigenvalue weighted by molar-refractivity contribution is 0.174. The van der Waals surface area contributed by atoms with Crippen LogP contribution in [0.2, 0.25) is 10.0 Å². The van der Waals surface area contributed by atoms with Crippen molar-refractivity contribution in [3.8, 4) is 11.5 Å². The average Bonchev–Trinajstić information content (AvgIpc) is 2.68. The van der Waals surface area contributed by atoms with Gasteiger partial charge in [0.25, 0.3) is 0 Å². The fourth-order valence-electron chi connectivity index (χ4n) is 2.71. The van der Waals surface area contributed by atoms with Crippen molar-refractivity contribution in [2.24, 2.45) is 0 Å². The second-order valence-corrected chi connectivity index (χ2v) is 7.25. The van der Waals surface area contributed by atoms with Crippen molar-refractivity contribution < 1.29 is 14.9 Å². The van der Waals surface area contributed by atoms with Gasteiger partial charge in [0.1, 0.15) is 18.1 Å². The molecular weight excluding hydrogens is 397 g/mol. The fourth-order valence-corrected chi connectivity index (χ4v) is 3.17. The number of ether oxygens (including phenoxy) is 1. The predicted octanol–water partition coefficient (Wildman–Crippen LogP) is 5.10. The standard InChI is InChI=1S/C22H21Cl2NO3/c23-18-7-6-17(21(24)11-18)14-28-20-8-4-15(5-9-20)12-25-13-22(27)16-2-1-3-19(26)10-16/h1-11,22,25-27H,12-14H2/t22-/m0/s1. The molecule has 4 nitrogen and oxygen atoms in total. The van der Waals surface area contributed by atoms with Crippen molar-refractivity contribution >= 4 is 23.2 Å². The van der Waals surface area contributed by atoms with Gasteiger partial charge in [0, 0.05) is 28.7 Å². The Labute approximate surface area is 174 Å². The summed E-state index contributed by atoms with van der Waals surface area (Å²) in [5.74, 6) is 0.890. The number of aliphatic hydroxyl groups is 1. The number of benzene rings is 3. The van der Waals surface area contributed by atoms with Crippen LogP contribution >= 0.6 is 23.2 Å². The molecule has 3 N–H and O–H groups in total. The van der Waals surface area contributed by atoms with Crippen molar-refractivity contribution in [3.05, 3.63) is 93.5 Å². The van der Waals surface area contributed by atoms with Crippen LogP contribution in [0.15, 0.2) is 66.7 Å². The third-order valence-electron chi connectivity index (χ3n) is 4.25. The summed E-state index contributed by atoms with van der Waals surface area (Å²) < 4.78 is 5.77. The monoisotopic (exact) mass is 417 g/mol. The highest BCUT2D eigenvalue weighted by molar-refractivity contribution is 6.35. The number of halogens is 2. The van der Waals surface area contributed by atoms with Gasteiger partial charge < -0.3 is 20.3 Å². The molecule has 0 fully saturated rings. The van der Waals surface area contributed by atoms with Crippen LogP contribution in [-0.2, 0) is 13.2 Å². The molecule has 28 heavy (non-hydrogen) atoms. The molecule has 0 amide bonds. The molecule has 3 rings (SSSR count). The molecule has 3 aromatic carbocycles. The molecule has 3 aromatic rings. The maximum Gasteiger partial charge on any atom is 0.119 e. The maximum absolute atomic E-state index is 10.2. The second-order valence-electron chi connectivity index (χ2n) is 6.41. The zero-order valence-electron chi connectivity index (χ0n) is 15.1. The molecule has 0 radical (unpaired) electrons. The fraction of sp³-hybridized carbons (Fsp3) is 0.182. The van der Waals surface area contributed by atoms with E-state index < -0.39 is 6.10 Å². The summed E-state index contributed by atoms with van der Waals surface area (Å²) >= 11 is 12.0. The first kappa shape index (κ1) is 20.5. The van der Waals surface area contributed by atoms with Crippen molar-refractivity contribution in [3.63, 3.8) is 0 Å². The first-order chi connectivity index (χ1) is 13.5. The first-order valence-corrected chi connectivity index (χ1v) is 9.60. The Morgan fingerprint density at radius 1 is 0.964 bits per heavy atom. The second kappa shape index (κ2) is 9.80. The molecular formula is C22H21Cl2NO3. The number of phenolic OH excluding ortho intramolecular Hbond substituents is 1. The van der Waals surface area contributed by atoms with E-state index in [9.17, 15) is 10.2 Å². The maximum atomic E-state index is 10.2. The molecule has 0 aliphatic heterocycles. The summed E-state index contributed by atoms with van der Waals surface area (Å²) in [6.45, 7) is 1.36. The highest BCUT2D eigenvalue weighted by atomic mass is 35.5. The van der Waals surface area contributed by atoms with E-state index in [0.29, 0.717) is 35.3 Å². The Balaban J connectivity index is 1.46. The lowest BCUT2D eigenvalue weighted by atomic mass is 10.1. The summed E-state index contributed by atoms with van der Waals surface area (Å²) in [6.07, 6.45) is -0.682. The van der Waals surface area contributed by atoms with E-state index >= 15 is 0 Å². The minimum atomic E-state index is -0.682. The van der Waals surface area contributed by atoms with Gasteiger partial charge in [-0.25, -0.2) is 0 Å². The molecule has 1 atom stereocenters. The summed E-state index contributed by atoms with van der Waals surface area (Å²) in [7, 11) is 0. The lowest BCUT2D eigenvalue weighted by Crippen LogP contribution is -2.21. The number of hydrogen-bond donors (Lipinski definition) is 3. The predicted molar refractivity (Wildman–Crippen MR) is 112 cm³/mol. The molecule has 0 unspecified atom stereocenters. The molecule has 6 heteroatoms. The minimum absolute atomic E-state index is 0.145. The lowest BCUT2D eigenvalue weighted by Gasteiger charge is -2.13. The van der Waals surface area contributed by atoms with E-state index in [4.69, 9.17) is 27.9 Å². The van der Waals surface area contributed by atoms with E-state index in [-0.39, 0.29) is 5.75 Å². The number of aliphatic hydroxyl groups excluding tert-OH is 1. The van der Waals surface area contributed by atoms with Crippen LogP contribution in [0.1, 0.15) is 22.8 Å². The van der Waals surface area contributed by atoms with E-state index in [1.165, 1.54) is 0 Å². The van der Waals surface area contributed by atoms with Gasteiger partial charge in [-0.2, -0.15) is 0 Å². The highest BCUT2D eigenvalue weighted by Gasteiger charge is 2.08. The SMILES string of the molecule is Oc1cccc([C@@H](O)CNCc2ccc(OCc3ccc(Cl)cc3Cl)cc2)c1. The van der Waals surface area contributed by atoms with E-state index in [1.807, 2.05) is 30.3 Å². The molecule has 146 valence electrons. The largest absolute Gasteiger partial charge is 0.508 e. The molecule has 0 aliphatic rings. The van der Waals surface area contributed by atoms with Crippen molar-refractivity contribution in [1.29, 1.82) is 0 Å². The third-order valence-corrected chi connectivity index (χ3v) is 4.84. The molecule has 0 spiro atoms. The Bertz CT molecular complexity index is 916. The minimum Gasteiger partial charge on any atom is -0.508 e. The zero-order valence-corrected chi connectivity index (χ0v) is 16.6. The van der Waals surface area contributed by atoms with E-state index in [2.05, 4.69) is 5.32 Å². The number of aromatic hydroxyl groups is 1.